The Bertz CT molecular complexity index is 1130. The second-order valence-electron chi connectivity index (χ2n) is 19.1. The Hall–Kier alpha value is -2.45. The van der Waals surface area contributed by atoms with Crippen molar-refractivity contribution >= 4 is 17.9 Å². The molecule has 0 aliphatic heterocycles. The highest BCUT2D eigenvalue weighted by Crippen LogP contribution is 2.15. The van der Waals surface area contributed by atoms with Gasteiger partial charge in [0.1, 0.15) is 12.6 Å². The van der Waals surface area contributed by atoms with E-state index in [1.165, 1.54) is 154 Å². The monoisotopic (exact) mass is 888 g/mol. The smallest absolute Gasteiger partial charge is 0.306 e. The van der Waals surface area contributed by atoms with Gasteiger partial charge in [-0.25, -0.2) is 0 Å². The minimum absolute atomic E-state index is 0.0346. The molecule has 0 aromatic rings. The summed E-state index contributed by atoms with van der Waals surface area (Å²) in [5.74, 6) is -1.75. The molecule has 0 N–H and O–H groups in total. The number of nitrogens with zero attached hydrogens (tertiary/aromatic N) is 1. The second kappa shape index (κ2) is 46.1. The van der Waals surface area contributed by atoms with Crippen molar-refractivity contribution in [3.8, 4) is 0 Å². The Balaban J connectivity index is 4.25. The molecule has 63 heavy (non-hydrogen) atoms. The topological polar surface area (TPSA) is 102 Å². The zero-order valence-corrected chi connectivity index (χ0v) is 42.0. The average Bonchev–Trinajstić information content (AvgIpc) is 3.24. The zero-order chi connectivity index (χ0) is 46.3. The summed E-state index contributed by atoms with van der Waals surface area (Å²) in [6.45, 7) is 4.67. The van der Waals surface area contributed by atoms with Crippen molar-refractivity contribution in [3.05, 3.63) is 36.5 Å². The van der Waals surface area contributed by atoms with E-state index < -0.39 is 18.1 Å². The normalized spacial score (nSPS) is 13.1. The first kappa shape index (κ1) is 60.5. The van der Waals surface area contributed by atoms with Crippen LogP contribution in [0.25, 0.3) is 0 Å². The van der Waals surface area contributed by atoms with Crippen LogP contribution in [-0.4, -0.2) is 75.5 Å². The van der Waals surface area contributed by atoms with Crippen LogP contribution in [0.1, 0.15) is 245 Å². The van der Waals surface area contributed by atoms with E-state index in [1.54, 1.807) is 21.1 Å². The van der Waals surface area contributed by atoms with Crippen LogP contribution in [0.2, 0.25) is 0 Å². The number of ether oxygens (including phenoxy) is 3. The molecule has 0 amide bonds. The maximum absolute atomic E-state index is 12.8. The Morgan fingerprint density at radius 1 is 0.476 bits per heavy atom. The highest BCUT2D eigenvalue weighted by Gasteiger charge is 2.25. The molecule has 0 bridgehead atoms. The van der Waals surface area contributed by atoms with E-state index in [0.717, 1.165) is 57.8 Å². The molecular weight excluding hydrogens is 787 g/mol. The van der Waals surface area contributed by atoms with Crippen molar-refractivity contribution in [2.45, 2.75) is 257 Å². The number of carboxylic acids is 1. The Morgan fingerprint density at radius 2 is 0.841 bits per heavy atom. The SMILES string of the molecule is CCCCCCCCC/C=C/C=C/CCCCCCCC(=O)OC(COCCC(C(=O)[O-])[N+](C)(C)C)COC(=O)CCCCCCCCC/C=C/CCCCCCCCCCCC. The van der Waals surface area contributed by atoms with Crippen LogP contribution in [-0.2, 0) is 28.6 Å². The van der Waals surface area contributed by atoms with Crippen LogP contribution in [0.3, 0.4) is 0 Å². The van der Waals surface area contributed by atoms with Gasteiger partial charge in [-0.2, -0.15) is 0 Å². The molecule has 0 saturated carbocycles. The van der Waals surface area contributed by atoms with Gasteiger partial charge in [-0.1, -0.05) is 198 Å². The van der Waals surface area contributed by atoms with Crippen molar-refractivity contribution in [2.75, 3.05) is 41.0 Å². The number of hydrogen-bond donors (Lipinski definition) is 0. The van der Waals surface area contributed by atoms with Gasteiger partial charge >= 0.3 is 11.9 Å². The standard InChI is InChI=1S/C55H101NO7/c1-6-8-10-12-14-16-18-20-22-24-26-27-28-30-31-33-35-37-39-41-43-45-53(57)62-50-51(49-61-48-47-52(55(59)60)56(3,4)5)63-54(58)46-44-42-40-38-36-34-32-29-25-23-21-19-17-15-13-11-9-7-2/h23,25,27-29,32,51-52H,6-22,24,26,30-31,33-50H2,1-5H3/b25-23+,28-27+,32-29+. The highest BCUT2D eigenvalue weighted by molar-refractivity contribution is 5.70. The molecule has 0 rings (SSSR count). The van der Waals surface area contributed by atoms with Crippen molar-refractivity contribution < 1.29 is 38.2 Å². The molecule has 368 valence electrons. The van der Waals surface area contributed by atoms with Crippen LogP contribution in [0.5, 0.6) is 0 Å². The van der Waals surface area contributed by atoms with E-state index in [1.807, 2.05) is 0 Å². The third-order valence-electron chi connectivity index (χ3n) is 12.0. The lowest BCUT2D eigenvalue weighted by Crippen LogP contribution is -2.55. The molecule has 0 saturated heterocycles. The summed E-state index contributed by atoms with van der Waals surface area (Å²) in [4.78, 5) is 37.0. The minimum Gasteiger partial charge on any atom is -0.544 e. The van der Waals surface area contributed by atoms with Gasteiger partial charge in [-0.3, -0.25) is 9.59 Å². The van der Waals surface area contributed by atoms with E-state index in [9.17, 15) is 19.5 Å². The number of carboxylic acid groups (broad SMARTS) is 1. The van der Waals surface area contributed by atoms with E-state index in [2.05, 4.69) is 50.3 Å². The predicted molar refractivity (Wildman–Crippen MR) is 263 cm³/mol. The molecule has 8 heteroatoms. The summed E-state index contributed by atoms with van der Waals surface area (Å²) in [6, 6.07) is -0.729. The molecule has 2 atom stereocenters. The molecule has 0 spiro atoms. The van der Waals surface area contributed by atoms with E-state index >= 15 is 0 Å². The number of allylic oxidation sites excluding steroid dienone is 6. The second-order valence-corrected chi connectivity index (χ2v) is 19.1. The fourth-order valence-corrected chi connectivity index (χ4v) is 7.88. The van der Waals surface area contributed by atoms with Crippen LogP contribution in [0, 0.1) is 0 Å². The number of unbranched alkanes of at least 4 members (excludes halogenated alkanes) is 29. The quantitative estimate of drug-likeness (QED) is 0.0197. The molecule has 0 aliphatic carbocycles. The zero-order valence-electron chi connectivity index (χ0n) is 42.0. The fraction of sp³-hybridized carbons (Fsp3) is 0.836. The highest BCUT2D eigenvalue weighted by atomic mass is 16.6. The number of esters is 2. The average molecular weight is 888 g/mol. The van der Waals surface area contributed by atoms with Gasteiger partial charge in [-0.15, -0.1) is 0 Å². The molecule has 0 aromatic carbocycles. The summed E-state index contributed by atoms with van der Waals surface area (Å²) < 4.78 is 17.2. The number of carbonyl (C=O) groups is 3. The molecule has 2 unspecified atom stereocenters. The maximum Gasteiger partial charge on any atom is 0.306 e. The van der Waals surface area contributed by atoms with Gasteiger partial charge in [0, 0.05) is 19.3 Å². The molecular formula is C55H101NO7. The lowest BCUT2D eigenvalue weighted by atomic mass is 10.1. The van der Waals surface area contributed by atoms with E-state index in [-0.39, 0.29) is 42.7 Å². The van der Waals surface area contributed by atoms with E-state index in [4.69, 9.17) is 14.2 Å². The molecule has 8 nitrogen and oxygen atoms in total. The third-order valence-corrected chi connectivity index (χ3v) is 12.0. The summed E-state index contributed by atoms with van der Waals surface area (Å²) in [5.41, 5.74) is 0. The largest absolute Gasteiger partial charge is 0.544 e. The predicted octanol–water partition coefficient (Wildman–Crippen LogP) is 14.0. The number of quaternary nitrogens is 1. The van der Waals surface area contributed by atoms with Crippen LogP contribution < -0.4 is 5.11 Å². The number of carbonyl (C=O) groups excluding carboxylic acids is 3. The third kappa shape index (κ3) is 44.5. The molecule has 0 aliphatic rings. The number of hydrogen-bond acceptors (Lipinski definition) is 7. The molecule has 0 fully saturated rings. The van der Waals surface area contributed by atoms with Gasteiger partial charge in [-0.05, 0) is 64.2 Å². The minimum atomic E-state index is -1.13. The van der Waals surface area contributed by atoms with Crippen LogP contribution >= 0.6 is 0 Å². The van der Waals surface area contributed by atoms with Gasteiger partial charge in [0.25, 0.3) is 0 Å². The van der Waals surface area contributed by atoms with Gasteiger partial charge in [0.05, 0.1) is 40.3 Å². The van der Waals surface area contributed by atoms with Gasteiger partial charge in [0.2, 0.25) is 0 Å². The first-order valence-corrected chi connectivity index (χ1v) is 26.5. The fourth-order valence-electron chi connectivity index (χ4n) is 7.88. The van der Waals surface area contributed by atoms with Crippen molar-refractivity contribution in [3.63, 3.8) is 0 Å². The number of likely N-dealkylation sites (N-methyl/N-ethyl adjacent to an activating group) is 1. The lowest BCUT2D eigenvalue weighted by Gasteiger charge is -2.34. The first-order valence-electron chi connectivity index (χ1n) is 26.5. The molecule has 0 aromatic heterocycles. The van der Waals surface area contributed by atoms with Crippen LogP contribution in [0.4, 0.5) is 0 Å². The van der Waals surface area contributed by atoms with Gasteiger partial charge in [0.15, 0.2) is 6.10 Å². The van der Waals surface area contributed by atoms with E-state index in [0.29, 0.717) is 12.8 Å². The summed E-state index contributed by atoms with van der Waals surface area (Å²) in [7, 11) is 5.41. The Morgan fingerprint density at radius 3 is 1.24 bits per heavy atom. The number of rotatable bonds is 48. The van der Waals surface area contributed by atoms with Crippen molar-refractivity contribution in [1.29, 1.82) is 0 Å². The van der Waals surface area contributed by atoms with Crippen molar-refractivity contribution in [1.82, 2.24) is 0 Å². The summed E-state index contributed by atoms with van der Waals surface area (Å²) >= 11 is 0. The molecule has 0 radical (unpaired) electrons. The Labute approximate surface area is 389 Å². The lowest BCUT2D eigenvalue weighted by molar-refractivity contribution is -0.889. The maximum atomic E-state index is 12.8. The van der Waals surface area contributed by atoms with Crippen LogP contribution in [0.15, 0.2) is 36.5 Å². The van der Waals surface area contributed by atoms with Gasteiger partial charge < -0.3 is 28.6 Å². The molecule has 0 heterocycles. The summed E-state index contributed by atoms with van der Waals surface area (Å²) in [5, 5.41) is 11.7. The number of aliphatic carboxylic acids is 1. The summed E-state index contributed by atoms with van der Waals surface area (Å²) in [6.07, 6.45) is 54.6. The van der Waals surface area contributed by atoms with Crippen molar-refractivity contribution in [2.24, 2.45) is 0 Å². The first-order chi connectivity index (χ1) is 30.6. The Kier molecular flexibility index (Phi) is 44.3.